The van der Waals surface area contributed by atoms with Gasteiger partial charge in [-0.3, -0.25) is 0 Å². The molecule has 26 heavy (non-hydrogen) atoms. The lowest BCUT2D eigenvalue weighted by atomic mass is 10.1. The van der Waals surface area contributed by atoms with Crippen LogP contribution in [0.25, 0.3) is 0 Å². The number of carboxylic acids is 1. The smallest absolute Gasteiger partial charge is 0.328 e. The second kappa shape index (κ2) is 14.1. The monoisotopic (exact) mass is 360 g/mol. The van der Waals surface area contributed by atoms with Gasteiger partial charge in [0.05, 0.1) is 12.2 Å². The number of aliphatic carboxylic acids is 1. The zero-order chi connectivity index (χ0) is 19.0. The largest absolute Gasteiger partial charge is 0.508 e. The molecule has 0 saturated carbocycles. The first kappa shape index (κ1) is 22.0. The van der Waals surface area contributed by atoms with E-state index in [9.17, 15) is 9.90 Å². The van der Waals surface area contributed by atoms with Crippen LogP contribution < -0.4 is 0 Å². The molecule has 2 atom stereocenters. The first-order valence-corrected chi connectivity index (χ1v) is 9.59. The van der Waals surface area contributed by atoms with E-state index in [1.165, 1.54) is 38.2 Å². The third-order valence-corrected chi connectivity index (χ3v) is 4.20. The van der Waals surface area contributed by atoms with Crippen molar-refractivity contribution in [3.8, 4) is 0 Å². The van der Waals surface area contributed by atoms with Crippen molar-refractivity contribution in [1.29, 1.82) is 0 Å². The molecular formula is C22H32O4. The van der Waals surface area contributed by atoms with Gasteiger partial charge in [-0.1, -0.05) is 69.1 Å². The number of epoxide rings is 1. The maximum absolute atomic E-state index is 10.2. The standard InChI is InChI=1S/C22H32O4/c1-2-20-21(26-20)17-13-9-5-3-7-11-15-19(23)16-12-8-4-6-10-14-18-22(24)25/h4,6,8,10,12,14-16,18,20-21,23H,2-3,5,7,9,11,13,17H2,1H3,(H,24,25). The normalized spacial score (nSPS) is 20.9. The van der Waals surface area contributed by atoms with Crippen LogP contribution >= 0.6 is 0 Å². The Morgan fingerprint density at radius 1 is 0.846 bits per heavy atom. The summed E-state index contributed by atoms with van der Waals surface area (Å²) >= 11 is 0. The Bertz CT molecular complexity index is 540. The number of hydrogen-bond donors (Lipinski definition) is 2. The molecule has 0 amide bonds. The van der Waals surface area contributed by atoms with Crippen LogP contribution in [0.1, 0.15) is 58.3 Å². The van der Waals surface area contributed by atoms with Gasteiger partial charge in [0.2, 0.25) is 0 Å². The fourth-order valence-electron chi connectivity index (χ4n) is 2.68. The van der Waals surface area contributed by atoms with Gasteiger partial charge in [0, 0.05) is 6.08 Å². The SMILES string of the molecule is CCC1OC1CCCCCCCC=C(O)C=CC=CC=CC=CC(=O)O. The van der Waals surface area contributed by atoms with Gasteiger partial charge in [-0.2, -0.15) is 0 Å². The minimum Gasteiger partial charge on any atom is -0.508 e. The molecule has 4 nitrogen and oxygen atoms in total. The van der Waals surface area contributed by atoms with Crippen molar-refractivity contribution < 1.29 is 19.7 Å². The third-order valence-electron chi connectivity index (χ3n) is 4.20. The van der Waals surface area contributed by atoms with Crippen LogP contribution in [0.2, 0.25) is 0 Å². The molecule has 0 bridgehead atoms. The van der Waals surface area contributed by atoms with E-state index in [-0.39, 0.29) is 5.76 Å². The second-order valence-electron chi connectivity index (χ2n) is 6.42. The Hall–Kier alpha value is -2.07. The van der Waals surface area contributed by atoms with Gasteiger partial charge in [0.1, 0.15) is 5.76 Å². The summed E-state index contributed by atoms with van der Waals surface area (Å²) in [5, 5.41) is 18.1. The van der Waals surface area contributed by atoms with E-state index in [1.54, 1.807) is 36.5 Å². The van der Waals surface area contributed by atoms with Gasteiger partial charge >= 0.3 is 5.97 Å². The summed E-state index contributed by atoms with van der Waals surface area (Å²) in [5.41, 5.74) is 0. The molecule has 0 aliphatic carbocycles. The highest BCUT2D eigenvalue weighted by Gasteiger charge is 2.35. The Labute approximate surface area is 157 Å². The lowest BCUT2D eigenvalue weighted by molar-refractivity contribution is -0.131. The summed E-state index contributed by atoms with van der Waals surface area (Å²) in [4.78, 5) is 10.2. The predicted octanol–water partition coefficient (Wildman–Crippen LogP) is 5.65. The average Bonchev–Trinajstić information content (AvgIpc) is 3.38. The zero-order valence-electron chi connectivity index (χ0n) is 15.7. The average molecular weight is 360 g/mol. The molecule has 4 heteroatoms. The number of aliphatic hydroxyl groups excluding tert-OH is 1. The summed E-state index contributed by atoms with van der Waals surface area (Å²) in [5.74, 6) is -0.688. The van der Waals surface area contributed by atoms with Crippen molar-refractivity contribution in [2.24, 2.45) is 0 Å². The summed E-state index contributed by atoms with van der Waals surface area (Å²) < 4.78 is 5.54. The molecule has 1 aliphatic rings. The highest BCUT2D eigenvalue weighted by atomic mass is 16.6. The minimum atomic E-state index is -0.966. The van der Waals surface area contributed by atoms with Crippen LogP contribution in [0.3, 0.4) is 0 Å². The number of aliphatic hydroxyl groups is 1. The minimum absolute atomic E-state index is 0.279. The molecule has 144 valence electrons. The van der Waals surface area contributed by atoms with Crippen LogP contribution in [0.4, 0.5) is 0 Å². The van der Waals surface area contributed by atoms with E-state index in [1.807, 2.05) is 6.08 Å². The molecule has 2 unspecified atom stereocenters. The predicted molar refractivity (Wildman–Crippen MR) is 106 cm³/mol. The topological polar surface area (TPSA) is 70.1 Å². The van der Waals surface area contributed by atoms with Gasteiger partial charge in [-0.15, -0.1) is 0 Å². The van der Waals surface area contributed by atoms with Crippen molar-refractivity contribution in [2.75, 3.05) is 0 Å². The molecule has 2 N–H and O–H groups in total. The van der Waals surface area contributed by atoms with Crippen LogP contribution in [0, 0.1) is 0 Å². The molecular weight excluding hydrogens is 328 g/mol. The highest BCUT2D eigenvalue weighted by Crippen LogP contribution is 2.29. The number of unbranched alkanes of at least 4 members (excludes halogenated alkanes) is 5. The quantitative estimate of drug-likeness (QED) is 0.138. The van der Waals surface area contributed by atoms with Gasteiger partial charge in [-0.25, -0.2) is 4.79 Å². The summed E-state index contributed by atoms with van der Waals surface area (Å²) in [6, 6.07) is 0. The second-order valence-corrected chi connectivity index (χ2v) is 6.42. The van der Waals surface area contributed by atoms with E-state index < -0.39 is 5.97 Å². The molecule has 1 heterocycles. The number of hydrogen-bond acceptors (Lipinski definition) is 3. The molecule has 0 aromatic carbocycles. The van der Waals surface area contributed by atoms with Gasteiger partial charge in [0.15, 0.2) is 0 Å². The van der Waals surface area contributed by atoms with Gasteiger partial charge in [-0.05, 0) is 37.8 Å². The zero-order valence-corrected chi connectivity index (χ0v) is 15.7. The number of carboxylic acid groups (broad SMARTS) is 1. The van der Waals surface area contributed by atoms with Crippen molar-refractivity contribution in [1.82, 2.24) is 0 Å². The van der Waals surface area contributed by atoms with Crippen molar-refractivity contribution >= 4 is 5.97 Å². The van der Waals surface area contributed by atoms with Gasteiger partial charge in [0.25, 0.3) is 0 Å². The maximum atomic E-state index is 10.2. The molecule has 0 aromatic rings. The number of rotatable bonds is 14. The number of allylic oxidation sites excluding steroid dienone is 8. The lowest BCUT2D eigenvalue weighted by Gasteiger charge is -1.99. The lowest BCUT2D eigenvalue weighted by Crippen LogP contribution is -1.92. The van der Waals surface area contributed by atoms with Crippen LogP contribution in [-0.4, -0.2) is 28.4 Å². The maximum Gasteiger partial charge on any atom is 0.328 e. The van der Waals surface area contributed by atoms with Crippen molar-refractivity contribution in [3.05, 3.63) is 60.4 Å². The van der Waals surface area contributed by atoms with E-state index in [2.05, 4.69) is 6.92 Å². The Morgan fingerprint density at radius 2 is 1.46 bits per heavy atom. The number of carbonyl (C=O) groups is 1. The van der Waals surface area contributed by atoms with Crippen LogP contribution in [-0.2, 0) is 9.53 Å². The molecule has 1 fully saturated rings. The van der Waals surface area contributed by atoms with E-state index in [0.717, 1.165) is 25.3 Å². The van der Waals surface area contributed by atoms with Crippen LogP contribution in [0.5, 0.6) is 0 Å². The molecule has 0 spiro atoms. The first-order chi connectivity index (χ1) is 12.6. The summed E-state index contributed by atoms with van der Waals surface area (Å²) in [6.45, 7) is 2.18. The van der Waals surface area contributed by atoms with E-state index >= 15 is 0 Å². The molecule has 0 aromatic heterocycles. The van der Waals surface area contributed by atoms with Gasteiger partial charge < -0.3 is 14.9 Å². The first-order valence-electron chi connectivity index (χ1n) is 9.59. The summed E-state index contributed by atoms with van der Waals surface area (Å²) in [7, 11) is 0. The fraction of sp³-hybridized carbons (Fsp3) is 0.500. The molecule has 1 rings (SSSR count). The Balaban J connectivity index is 1.98. The molecule has 0 radical (unpaired) electrons. The van der Waals surface area contributed by atoms with Crippen molar-refractivity contribution in [3.63, 3.8) is 0 Å². The molecule has 1 aliphatic heterocycles. The number of ether oxygens (including phenoxy) is 1. The molecule has 1 saturated heterocycles. The van der Waals surface area contributed by atoms with E-state index in [0.29, 0.717) is 12.2 Å². The van der Waals surface area contributed by atoms with Crippen molar-refractivity contribution in [2.45, 2.75) is 70.5 Å². The van der Waals surface area contributed by atoms with E-state index in [4.69, 9.17) is 9.84 Å². The Morgan fingerprint density at radius 3 is 2.12 bits per heavy atom. The third kappa shape index (κ3) is 12.3. The fourth-order valence-corrected chi connectivity index (χ4v) is 2.68. The van der Waals surface area contributed by atoms with Crippen LogP contribution in [0.15, 0.2) is 60.4 Å². The Kier molecular flexibility index (Phi) is 11.9. The summed E-state index contributed by atoms with van der Waals surface area (Å²) in [6.07, 6.45) is 25.1. The highest BCUT2D eigenvalue weighted by molar-refractivity contribution is 5.80.